The summed E-state index contributed by atoms with van der Waals surface area (Å²) in [5.74, 6) is -2.79. The SMILES string of the molecule is COC(=O)c1c(-c2cc(C)ccc2C)csc1NC(=O)[C@@H]1[C@H]2CC[C@@H](C2)[C@@H]1C(=O)O. The number of anilines is 1. The second kappa shape index (κ2) is 7.87. The molecule has 4 rings (SSSR count). The normalized spacial score (nSPS) is 24.6. The van der Waals surface area contributed by atoms with Gasteiger partial charge in [0.1, 0.15) is 10.6 Å². The number of hydrogen-bond donors (Lipinski definition) is 2. The number of amides is 1. The van der Waals surface area contributed by atoms with Gasteiger partial charge in [-0.1, -0.05) is 23.8 Å². The van der Waals surface area contributed by atoms with Crippen LogP contribution in [0.4, 0.5) is 5.00 Å². The van der Waals surface area contributed by atoms with E-state index >= 15 is 0 Å². The average Bonchev–Trinajstić information content (AvgIpc) is 3.43. The Morgan fingerprint density at radius 3 is 2.47 bits per heavy atom. The molecule has 4 atom stereocenters. The van der Waals surface area contributed by atoms with E-state index in [4.69, 9.17) is 4.74 Å². The predicted octanol–water partition coefficient (Wildman–Crippen LogP) is 4.50. The number of aliphatic carboxylic acids is 1. The Hall–Kier alpha value is -2.67. The summed E-state index contributed by atoms with van der Waals surface area (Å²) in [4.78, 5) is 37.5. The molecule has 2 fully saturated rings. The van der Waals surface area contributed by atoms with Crippen LogP contribution in [0.2, 0.25) is 0 Å². The number of rotatable bonds is 5. The Morgan fingerprint density at radius 1 is 1.10 bits per heavy atom. The van der Waals surface area contributed by atoms with E-state index in [1.54, 1.807) is 0 Å². The van der Waals surface area contributed by atoms with Crippen LogP contribution in [-0.2, 0) is 14.3 Å². The Kier molecular flexibility index (Phi) is 5.40. The quantitative estimate of drug-likeness (QED) is 0.685. The van der Waals surface area contributed by atoms with Gasteiger partial charge in [0.05, 0.1) is 18.9 Å². The molecule has 1 amide bonds. The Labute approximate surface area is 179 Å². The van der Waals surface area contributed by atoms with Gasteiger partial charge in [-0.2, -0.15) is 0 Å². The molecule has 0 spiro atoms. The lowest BCUT2D eigenvalue weighted by atomic mass is 9.78. The zero-order valence-electron chi connectivity index (χ0n) is 17.2. The monoisotopic (exact) mass is 427 g/mol. The summed E-state index contributed by atoms with van der Waals surface area (Å²) in [6, 6.07) is 6.01. The molecule has 2 aliphatic rings. The van der Waals surface area contributed by atoms with E-state index in [2.05, 4.69) is 5.32 Å². The van der Waals surface area contributed by atoms with Gasteiger partial charge in [0.25, 0.3) is 0 Å². The summed E-state index contributed by atoms with van der Waals surface area (Å²) < 4.78 is 5.01. The van der Waals surface area contributed by atoms with Crippen molar-refractivity contribution in [1.29, 1.82) is 0 Å². The maximum Gasteiger partial charge on any atom is 0.341 e. The standard InChI is InChI=1S/C23H25NO5S/c1-11-4-5-12(2)15(8-11)16-10-30-21(19(16)23(28)29-3)24-20(25)17-13-6-7-14(9-13)18(17)22(26)27/h4-5,8,10,13-14,17-18H,6-7,9H2,1-3H3,(H,24,25)(H,26,27)/t13-,14-,17+,18-/m0/s1. The zero-order chi connectivity index (χ0) is 21.6. The minimum atomic E-state index is -0.905. The maximum atomic E-state index is 13.1. The van der Waals surface area contributed by atoms with Gasteiger partial charge in [0.15, 0.2) is 0 Å². The third kappa shape index (κ3) is 3.41. The molecular weight excluding hydrogens is 402 g/mol. The van der Waals surface area contributed by atoms with Crippen molar-refractivity contribution in [3.63, 3.8) is 0 Å². The van der Waals surface area contributed by atoms with E-state index in [-0.39, 0.29) is 17.7 Å². The smallest absolute Gasteiger partial charge is 0.341 e. The first-order valence-corrected chi connectivity index (χ1v) is 11.0. The van der Waals surface area contributed by atoms with Gasteiger partial charge in [0, 0.05) is 10.9 Å². The molecule has 7 heteroatoms. The van der Waals surface area contributed by atoms with E-state index < -0.39 is 23.8 Å². The summed E-state index contributed by atoms with van der Waals surface area (Å²) in [6.07, 6.45) is 2.54. The van der Waals surface area contributed by atoms with Crippen molar-refractivity contribution in [1.82, 2.24) is 0 Å². The van der Waals surface area contributed by atoms with Gasteiger partial charge in [-0.3, -0.25) is 9.59 Å². The Bertz CT molecular complexity index is 1030. The van der Waals surface area contributed by atoms with Crippen molar-refractivity contribution in [2.45, 2.75) is 33.1 Å². The highest BCUT2D eigenvalue weighted by atomic mass is 32.1. The van der Waals surface area contributed by atoms with Crippen LogP contribution < -0.4 is 5.32 Å². The summed E-state index contributed by atoms with van der Waals surface area (Å²) in [5, 5.41) is 14.8. The van der Waals surface area contributed by atoms with E-state index in [0.717, 1.165) is 36.0 Å². The number of ether oxygens (including phenoxy) is 1. The number of fused-ring (bicyclic) bond motifs is 2. The lowest BCUT2D eigenvalue weighted by Gasteiger charge is -2.26. The van der Waals surface area contributed by atoms with Gasteiger partial charge >= 0.3 is 11.9 Å². The van der Waals surface area contributed by atoms with Crippen molar-refractivity contribution in [3.8, 4) is 11.1 Å². The van der Waals surface area contributed by atoms with Crippen LogP contribution >= 0.6 is 11.3 Å². The molecule has 30 heavy (non-hydrogen) atoms. The van der Waals surface area contributed by atoms with E-state index in [1.165, 1.54) is 18.4 Å². The number of carbonyl (C=O) groups excluding carboxylic acids is 2. The molecule has 1 aromatic carbocycles. The number of benzene rings is 1. The number of nitrogens with one attached hydrogen (secondary N) is 1. The molecule has 158 valence electrons. The molecule has 2 aliphatic carbocycles. The minimum absolute atomic E-state index is 0.0668. The van der Waals surface area contributed by atoms with Crippen LogP contribution in [0.5, 0.6) is 0 Å². The average molecular weight is 428 g/mol. The van der Waals surface area contributed by atoms with Crippen LogP contribution in [0, 0.1) is 37.5 Å². The third-order valence-electron chi connectivity index (χ3n) is 6.60. The number of thiophene rings is 1. The molecule has 0 radical (unpaired) electrons. The molecule has 2 saturated carbocycles. The summed E-state index contributed by atoms with van der Waals surface area (Å²) in [7, 11) is 1.31. The van der Waals surface area contributed by atoms with Gasteiger partial charge in [0.2, 0.25) is 5.91 Å². The number of aryl methyl sites for hydroxylation is 2. The summed E-state index contributed by atoms with van der Waals surface area (Å²) in [6.45, 7) is 3.95. The molecule has 1 aromatic heterocycles. The van der Waals surface area contributed by atoms with Gasteiger partial charge in [-0.05, 0) is 56.1 Å². The highest BCUT2D eigenvalue weighted by Crippen LogP contribution is 2.53. The molecular formula is C23H25NO5S. The van der Waals surface area contributed by atoms with Gasteiger partial charge < -0.3 is 15.2 Å². The van der Waals surface area contributed by atoms with Crippen LogP contribution in [0.1, 0.15) is 40.7 Å². The zero-order valence-corrected chi connectivity index (χ0v) is 18.0. The first-order valence-electron chi connectivity index (χ1n) is 10.1. The number of methoxy groups -OCH3 is 1. The van der Waals surface area contributed by atoms with E-state index in [1.807, 2.05) is 37.4 Å². The first-order chi connectivity index (χ1) is 14.3. The number of carboxylic acid groups (broad SMARTS) is 1. The molecule has 0 unspecified atom stereocenters. The second-order valence-corrected chi connectivity index (χ2v) is 9.26. The minimum Gasteiger partial charge on any atom is -0.481 e. The van der Waals surface area contributed by atoms with Gasteiger partial charge in [-0.25, -0.2) is 4.79 Å². The third-order valence-corrected chi connectivity index (χ3v) is 7.50. The van der Waals surface area contributed by atoms with Crippen LogP contribution in [0.25, 0.3) is 11.1 Å². The summed E-state index contributed by atoms with van der Waals surface area (Å²) in [5.41, 5.74) is 4.02. The lowest BCUT2D eigenvalue weighted by molar-refractivity contribution is -0.148. The number of carboxylic acids is 1. The van der Waals surface area contributed by atoms with Crippen molar-refractivity contribution in [2.75, 3.05) is 12.4 Å². The van der Waals surface area contributed by atoms with Crippen molar-refractivity contribution >= 4 is 34.2 Å². The number of esters is 1. The fraction of sp³-hybridized carbons (Fsp3) is 0.435. The molecule has 2 aromatic rings. The second-order valence-electron chi connectivity index (χ2n) is 8.38. The van der Waals surface area contributed by atoms with Crippen molar-refractivity contribution in [2.24, 2.45) is 23.7 Å². The molecule has 1 heterocycles. The van der Waals surface area contributed by atoms with E-state index in [9.17, 15) is 19.5 Å². The highest BCUT2D eigenvalue weighted by molar-refractivity contribution is 7.15. The number of hydrogen-bond acceptors (Lipinski definition) is 5. The topological polar surface area (TPSA) is 92.7 Å². The van der Waals surface area contributed by atoms with E-state index in [0.29, 0.717) is 16.1 Å². The fourth-order valence-electron chi connectivity index (χ4n) is 5.20. The molecule has 2 N–H and O–H groups in total. The molecule has 2 bridgehead atoms. The van der Waals surface area contributed by atoms with Crippen molar-refractivity contribution < 1.29 is 24.2 Å². The largest absolute Gasteiger partial charge is 0.481 e. The molecule has 0 saturated heterocycles. The number of carbonyl (C=O) groups is 3. The predicted molar refractivity (Wildman–Crippen MR) is 115 cm³/mol. The molecule has 6 nitrogen and oxygen atoms in total. The van der Waals surface area contributed by atoms with Gasteiger partial charge in [-0.15, -0.1) is 11.3 Å². The van der Waals surface area contributed by atoms with Crippen LogP contribution in [0.15, 0.2) is 23.6 Å². The van der Waals surface area contributed by atoms with Crippen LogP contribution in [0.3, 0.4) is 0 Å². The van der Waals surface area contributed by atoms with Crippen LogP contribution in [-0.4, -0.2) is 30.1 Å². The highest BCUT2D eigenvalue weighted by Gasteiger charge is 2.54. The fourth-order valence-corrected chi connectivity index (χ4v) is 6.15. The molecule has 0 aliphatic heterocycles. The lowest BCUT2D eigenvalue weighted by Crippen LogP contribution is -2.37. The summed E-state index contributed by atoms with van der Waals surface area (Å²) >= 11 is 1.27. The Morgan fingerprint density at radius 2 is 1.80 bits per heavy atom. The maximum absolute atomic E-state index is 13.1. The van der Waals surface area contributed by atoms with Crippen molar-refractivity contribution in [3.05, 3.63) is 40.3 Å². The first kappa shape index (κ1) is 20.6. The Balaban J connectivity index is 1.69.